The maximum absolute atomic E-state index is 5.93. The third-order valence-electron chi connectivity index (χ3n) is 5.30. The highest BCUT2D eigenvalue weighted by Crippen LogP contribution is 2.26. The van der Waals surface area contributed by atoms with Crippen LogP contribution in [0.2, 0.25) is 0 Å². The summed E-state index contributed by atoms with van der Waals surface area (Å²) >= 11 is 0. The smallest absolute Gasteiger partial charge is 0.191 e. The number of furan rings is 1. The minimum atomic E-state index is 0.240. The van der Waals surface area contributed by atoms with E-state index in [0.717, 1.165) is 62.3 Å². The first-order chi connectivity index (χ1) is 13.6. The van der Waals surface area contributed by atoms with Crippen LogP contribution in [-0.2, 0) is 6.54 Å². The lowest BCUT2D eigenvalue weighted by Gasteiger charge is -2.26. The van der Waals surface area contributed by atoms with Gasteiger partial charge in [0.1, 0.15) is 11.5 Å². The van der Waals surface area contributed by atoms with Crippen LogP contribution in [0.3, 0.4) is 0 Å². The van der Waals surface area contributed by atoms with E-state index in [-0.39, 0.29) is 6.04 Å². The highest BCUT2D eigenvalue weighted by Gasteiger charge is 2.26. The Labute approximate surface area is 168 Å². The Bertz CT molecular complexity index is 772. The van der Waals surface area contributed by atoms with E-state index in [4.69, 9.17) is 4.42 Å². The predicted octanol–water partition coefficient (Wildman–Crippen LogP) is 2.79. The van der Waals surface area contributed by atoms with Gasteiger partial charge in [-0.3, -0.25) is 14.6 Å². The summed E-state index contributed by atoms with van der Waals surface area (Å²) in [6.45, 7) is 10.9. The van der Waals surface area contributed by atoms with Crippen LogP contribution in [0, 0.1) is 20.8 Å². The van der Waals surface area contributed by atoms with Crippen molar-refractivity contribution in [2.24, 2.45) is 4.99 Å². The molecule has 0 aliphatic carbocycles. The molecular weight excluding hydrogens is 352 g/mol. The van der Waals surface area contributed by atoms with Crippen molar-refractivity contribution in [1.29, 1.82) is 0 Å². The molecule has 3 rings (SSSR count). The van der Waals surface area contributed by atoms with E-state index in [0.29, 0.717) is 0 Å². The monoisotopic (exact) mass is 386 g/mol. The minimum Gasteiger partial charge on any atom is -0.465 e. The molecular formula is C21H34N6O. The van der Waals surface area contributed by atoms with Crippen LogP contribution in [0.25, 0.3) is 0 Å². The van der Waals surface area contributed by atoms with Crippen LogP contribution < -0.4 is 10.6 Å². The molecule has 1 aliphatic rings. The number of aliphatic imine (C=N–C) groups is 1. The lowest BCUT2D eigenvalue weighted by Crippen LogP contribution is -2.43. The zero-order chi connectivity index (χ0) is 19.9. The van der Waals surface area contributed by atoms with Gasteiger partial charge in [0.05, 0.1) is 11.7 Å². The molecule has 1 saturated heterocycles. The topological polar surface area (TPSA) is 70.6 Å². The second kappa shape index (κ2) is 9.78. The Morgan fingerprint density at radius 1 is 1.21 bits per heavy atom. The Hall–Kier alpha value is -2.28. The predicted molar refractivity (Wildman–Crippen MR) is 113 cm³/mol. The molecule has 0 amide bonds. The summed E-state index contributed by atoms with van der Waals surface area (Å²) in [5, 5.41) is 11.4. The Kier molecular flexibility index (Phi) is 7.14. The fraction of sp³-hybridized carbons (Fsp3) is 0.619. The molecule has 28 heavy (non-hydrogen) atoms. The molecule has 1 atom stereocenters. The maximum Gasteiger partial charge on any atom is 0.191 e. The van der Waals surface area contributed by atoms with Crippen molar-refractivity contribution in [3.63, 3.8) is 0 Å². The summed E-state index contributed by atoms with van der Waals surface area (Å²) in [5.41, 5.74) is 2.28. The van der Waals surface area contributed by atoms with Crippen LogP contribution in [0.4, 0.5) is 0 Å². The van der Waals surface area contributed by atoms with Gasteiger partial charge in [-0.1, -0.05) is 0 Å². The average Bonchev–Trinajstić information content (AvgIpc) is 3.40. The molecule has 0 saturated carbocycles. The van der Waals surface area contributed by atoms with Crippen molar-refractivity contribution in [2.75, 3.05) is 33.2 Å². The summed E-state index contributed by atoms with van der Waals surface area (Å²) in [6.07, 6.45) is 3.51. The standard InChI is InChI=1S/C21H34N6O/c1-16-14-17(2)27(25-16)13-7-10-23-21(22-4)24-15-19(26-11-5-6-12-26)20-9-8-18(3)28-20/h8-9,14,19H,5-7,10-13,15H2,1-4H3,(H2,22,23,24). The molecule has 0 spiro atoms. The average molecular weight is 387 g/mol. The zero-order valence-corrected chi connectivity index (χ0v) is 17.7. The molecule has 7 heteroatoms. The number of nitrogens with zero attached hydrogens (tertiary/aromatic N) is 4. The van der Waals surface area contributed by atoms with Gasteiger partial charge in [0, 0.05) is 32.4 Å². The second-order valence-corrected chi connectivity index (χ2v) is 7.59. The van der Waals surface area contributed by atoms with Crippen LogP contribution in [0.15, 0.2) is 27.6 Å². The molecule has 0 radical (unpaired) electrons. The molecule has 0 aromatic carbocycles. The van der Waals surface area contributed by atoms with Gasteiger partial charge in [0.15, 0.2) is 5.96 Å². The van der Waals surface area contributed by atoms with E-state index in [1.807, 2.05) is 27.0 Å². The first kappa shape index (κ1) is 20.5. The number of nitrogens with one attached hydrogen (secondary N) is 2. The van der Waals surface area contributed by atoms with E-state index in [1.54, 1.807) is 0 Å². The van der Waals surface area contributed by atoms with Gasteiger partial charge in [-0.25, -0.2) is 0 Å². The summed E-state index contributed by atoms with van der Waals surface area (Å²) in [6, 6.07) is 6.50. The second-order valence-electron chi connectivity index (χ2n) is 7.59. The number of aromatic nitrogens is 2. The lowest BCUT2D eigenvalue weighted by molar-refractivity contribution is 0.213. The molecule has 2 aromatic heterocycles. The zero-order valence-electron chi connectivity index (χ0n) is 17.7. The van der Waals surface area contributed by atoms with Gasteiger partial charge in [0.2, 0.25) is 0 Å². The Balaban J connectivity index is 1.48. The van der Waals surface area contributed by atoms with Crippen molar-refractivity contribution < 1.29 is 4.42 Å². The first-order valence-electron chi connectivity index (χ1n) is 10.3. The molecule has 3 heterocycles. The minimum absolute atomic E-state index is 0.240. The first-order valence-corrected chi connectivity index (χ1v) is 10.3. The van der Waals surface area contributed by atoms with Gasteiger partial charge < -0.3 is 15.1 Å². The molecule has 2 aromatic rings. The molecule has 1 fully saturated rings. The lowest BCUT2D eigenvalue weighted by atomic mass is 10.2. The SMILES string of the molecule is CN=C(NCCCn1nc(C)cc1C)NCC(c1ccc(C)o1)N1CCCC1. The molecule has 0 bridgehead atoms. The molecule has 1 aliphatic heterocycles. The van der Waals surface area contributed by atoms with Gasteiger partial charge in [0.25, 0.3) is 0 Å². The number of likely N-dealkylation sites (tertiary alicyclic amines) is 1. The number of aryl methyl sites for hydroxylation is 4. The third-order valence-corrected chi connectivity index (χ3v) is 5.30. The van der Waals surface area contributed by atoms with Crippen molar-refractivity contribution in [1.82, 2.24) is 25.3 Å². The van der Waals surface area contributed by atoms with Crippen molar-refractivity contribution in [3.05, 3.63) is 41.1 Å². The molecule has 2 N–H and O–H groups in total. The number of hydrogen-bond donors (Lipinski definition) is 2. The summed E-state index contributed by atoms with van der Waals surface area (Å²) in [4.78, 5) is 6.88. The van der Waals surface area contributed by atoms with Gasteiger partial charge >= 0.3 is 0 Å². The highest BCUT2D eigenvalue weighted by atomic mass is 16.3. The Morgan fingerprint density at radius 2 is 2.00 bits per heavy atom. The van der Waals surface area contributed by atoms with Gasteiger partial charge in [-0.15, -0.1) is 0 Å². The number of guanidine groups is 1. The quantitative estimate of drug-likeness (QED) is 0.415. The third kappa shape index (κ3) is 5.38. The van der Waals surface area contributed by atoms with E-state index in [2.05, 4.69) is 49.4 Å². The Morgan fingerprint density at radius 3 is 2.61 bits per heavy atom. The normalized spacial score (nSPS) is 16.5. The van der Waals surface area contributed by atoms with Crippen LogP contribution in [0.5, 0.6) is 0 Å². The molecule has 7 nitrogen and oxygen atoms in total. The fourth-order valence-electron chi connectivity index (χ4n) is 3.85. The highest BCUT2D eigenvalue weighted by molar-refractivity contribution is 5.79. The van der Waals surface area contributed by atoms with Gasteiger partial charge in [-0.05, 0) is 71.3 Å². The summed E-state index contributed by atoms with van der Waals surface area (Å²) < 4.78 is 8.00. The number of hydrogen-bond acceptors (Lipinski definition) is 4. The summed E-state index contributed by atoms with van der Waals surface area (Å²) in [7, 11) is 1.82. The molecule has 1 unspecified atom stereocenters. The maximum atomic E-state index is 5.93. The van der Waals surface area contributed by atoms with Crippen LogP contribution in [0.1, 0.15) is 48.2 Å². The van der Waals surface area contributed by atoms with Crippen molar-refractivity contribution in [3.8, 4) is 0 Å². The fourth-order valence-corrected chi connectivity index (χ4v) is 3.85. The van der Waals surface area contributed by atoms with Crippen LogP contribution in [-0.4, -0.2) is 53.9 Å². The van der Waals surface area contributed by atoms with E-state index in [9.17, 15) is 0 Å². The number of rotatable bonds is 8. The van der Waals surface area contributed by atoms with Gasteiger partial charge in [-0.2, -0.15) is 5.10 Å². The largest absolute Gasteiger partial charge is 0.465 e. The van der Waals surface area contributed by atoms with Crippen molar-refractivity contribution in [2.45, 2.75) is 52.6 Å². The summed E-state index contributed by atoms with van der Waals surface area (Å²) in [5.74, 6) is 2.83. The van der Waals surface area contributed by atoms with E-state index < -0.39 is 0 Å². The van der Waals surface area contributed by atoms with Crippen molar-refractivity contribution >= 4 is 5.96 Å². The van der Waals surface area contributed by atoms with E-state index in [1.165, 1.54) is 18.5 Å². The van der Waals surface area contributed by atoms with E-state index >= 15 is 0 Å². The molecule has 154 valence electrons. The van der Waals surface area contributed by atoms with Crippen LogP contribution >= 0.6 is 0 Å².